The van der Waals surface area contributed by atoms with Crippen molar-refractivity contribution in [2.75, 3.05) is 32.5 Å². The summed E-state index contributed by atoms with van der Waals surface area (Å²) in [6, 6.07) is 12.6. The summed E-state index contributed by atoms with van der Waals surface area (Å²) >= 11 is 0. The summed E-state index contributed by atoms with van der Waals surface area (Å²) in [4.78, 5) is 18.7. The Hall–Kier alpha value is -2.60. The minimum absolute atomic E-state index is 0.0406. The van der Waals surface area contributed by atoms with Gasteiger partial charge in [0.05, 0.1) is 26.0 Å². The number of nitrogen functional groups attached to an aromatic ring is 1. The fourth-order valence-electron chi connectivity index (χ4n) is 2.60. The van der Waals surface area contributed by atoms with Crippen LogP contribution >= 0.6 is 0 Å². The largest absolute Gasteiger partial charge is 0.497 e. The Morgan fingerprint density at radius 3 is 2.96 bits per heavy atom. The molecule has 0 saturated carbocycles. The lowest BCUT2D eigenvalue weighted by Gasteiger charge is -2.32. The van der Waals surface area contributed by atoms with Crippen molar-refractivity contribution in [1.29, 1.82) is 0 Å². The average Bonchev–Trinajstić information content (AvgIpc) is 2.61. The van der Waals surface area contributed by atoms with Crippen molar-refractivity contribution in [1.82, 2.24) is 9.88 Å². The van der Waals surface area contributed by atoms with Gasteiger partial charge in [-0.25, -0.2) is 4.98 Å². The van der Waals surface area contributed by atoms with Gasteiger partial charge in [0, 0.05) is 12.1 Å². The number of hydrogen-bond donors (Lipinski definition) is 1. The molecule has 120 valence electrons. The minimum Gasteiger partial charge on any atom is -0.497 e. The third-order valence-electron chi connectivity index (χ3n) is 3.79. The highest BCUT2D eigenvalue weighted by molar-refractivity contribution is 5.94. The van der Waals surface area contributed by atoms with Crippen LogP contribution in [-0.4, -0.2) is 42.6 Å². The Bertz CT molecular complexity index is 705. The van der Waals surface area contributed by atoms with Gasteiger partial charge >= 0.3 is 0 Å². The minimum atomic E-state index is -0.262. The standard InChI is InChI=1S/C17H19N3O3/c1-22-13-5-2-4-12(10-13)17(21)20-8-9-23-15(11-20)14-6-3-7-16(18)19-14/h2-7,10,15H,8-9,11H2,1H3,(H2,18,19). The second kappa shape index (κ2) is 6.66. The van der Waals surface area contributed by atoms with Crippen molar-refractivity contribution < 1.29 is 14.3 Å². The Morgan fingerprint density at radius 1 is 1.35 bits per heavy atom. The van der Waals surface area contributed by atoms with E-state index in [1.165, 1.54) is 0 Å². The summed E-state index contributed by atoms with van der Waals surface area (Å²) in [5.41, 5.74) is 7.07. The number of nitrogens with zero attached hydrogens (tertiary/aromatic N) is 2. The molecule has 0 bridgehead atoms. The van der Waals surface area contributed by atoms with Gasteiger partial charge in [0.15, 0.2) is 0 Å². The summed E-state index contributed by atoms with van der Waals surface area (Å²) in [5, 5.41) is 0. The molecule has 2 heterocycles. The van der Waals surface area contributed by atoms with E-state index in [1.807, 2.05) is 24.3 Å². The summed E-state index contributed by atoms with van der Waals surface area (Å²) in [5.74, 6) is 1.07. The molecule has 2 aromatic rings. The number of aromatic nitrogens is 1. The van der Waals surface area contributed by atoms with Crippen LogP contribution in [0.25, 0.3) is 0 Å². The van der Waals surface area contributed by atoms with Gasteiger partial charge in [-0.05, 0) is 30.3 Å². The van der Waals surface area contributed by atoms with Crippen LogP contribution in [0.4, 0.5) is 5.82 Å². The van der Waals surface area contributed by atoms with Gasteiger partial charge in [0.25, 0.3) is 5.91 Å². The third-order valence-corrected chi connectivity index (χ3v) is 3.79. The molecule has 23 heavy (non-hydrogen) atoms. The average molecular weight is 313 g/mol. The monoisotopic (exact) mass is 313 g/mol. The number of carbonyl (C=O) groups excluding carboxylic acids is 1. The number of methoxy groups -OCH3 is 1. The molecular formula is C17H19N3O3. The van der Waals surface area contributed by atoms with Crippen molar-refractivity contribution in [2.45, 2.75) is 6.10 Å². The number of amides is 1. The number of anilines is 1. The van der Waals surface area contributed by atoms with E-state index in [0.717, 1.165) is 5.69 Å². The summed E-state index contributed by atoms with van der Waals surface area (Å²) < 4.78 is 10.9. The molecule has 1 atom stereocenters. The van der Waals surface area contributed by atoms with Crippen molar-refractivity contribution in [3.63, 3.8) is 0 Å². The fourth-order valence-corrected chi connectivity index (χ4v) is 2.60. The van der Waals surface area contributed by atoms with Gasteiger partial charge in [-0.15, -0.1) is 0 Å². The first-order valence-electron chi connectivity index (χ1n) is 7.45. The van der Waals surface area contributed by atoms with Gasteiger partial charge in [-0.2, -0.15) is 0 Å². The lowest BCUT2D eigenvalue weighted by molar-refractivity contribution is -0.0246. The van der Waals surface area contributed by atoms with Crippen LogP contribution in [0.2, 0.25) is 0 Å². The van der Waals surface area contributed by atoms with Crippen LogP contribution in [0.1, 0.15) is 22.2 Å². The maximum absolute atomic E-state index is 12.7. The molecule has 0 aliphatic carbocycles. The predicted octanol–water partition coefficient (Wildman–Crippen LogP) is 1.89. The molecule has 0 radical (unpaired) electrons. The van der Waals surface area contributed by atoms with Crippen LogP contribution < -0.4 is 10.5 Å². The van der Waals surface area contributed by atoms with Crippen molar-refractivity contribution in [3.05, 3.63) is 53.7 Å². The van der Waals surface area contributed by atoms with Gasteiger partial charge < -0.3 is 20.1 Å². The Kier molecular flexibility index (Phi) is 4.43. The zero-order chi connectivity index (χ0) is 16.2. The number of benzene rings is 1. The van der Waals surface area contributed by atoms with Gasteiger partial charge in [0.1, 0.15) is 17.7 Å². The van der Waals surface area contributed by atoms with E-state index in [9.17, 15) is 4.79 Å². The second-order valence-electron chi connectivity index (χ2n) is 5.33. The number of carbonyl (C=O) groups is 1. The molecule has 6 heteroatoms. The van der Waals surface area contributed by atoms with Crippen LogP contribution in [0.5, 0.6) is 5.75 Å². The molecule has 1 unspecified atom stereocenters. The number of ether oxygens (including phenoxy) is 2. The molecule has 1 fully saturated rings. The Morgan fingerprint density at radius 2 is 2.17 bits per heavy atom. The van der Waals surface area contributed by atoms with Crippen molar-refractivity contribution >= 4 is 11.7 Å². The van der Waals surface area contributed by atoms with Gasteiger partial charge in [-0.1, -0.05) is 12.1 Å². The molecule has 1 aliphatic rings. The zero-order valence-corrected chi connectivity index (χ0v) is 12.9. The van der Waals surface area contributed by atoms with Crippen LogP contribution in [0.15, 0.2) is 42.5 Å². The first-order valence-corrected chi connectivity index (χ1v) is 7.45. The smallest absolute Gasteiger partial charge is 0.254 e. The number of pyridine rings is 1. The van der Waals surface area contributed by atoms with E-state index in [2.05, 4.69) is 4.98 Å². The number of nitrogens with two attached hydrogens (primary N) is 1. The molecule has 6 nitrogen and oxygen atoms in total. The van der Waals surface area contributed by atoms with E-state index in [-0.39, 0.29) is 12.0 Å². The summed E-state index contributed by atoms with van der Waals surface area (Å²) in [6.07, 6.45) is -0.262. The maximum Gasteiger partial charge on any atom is 0.254 e. The highest BCUT2D eigenvalue weighted by Gasteiger charge is 2.27. The highest BCUT2D eigenvalue weighted by atomic mass is 16.5. The molecule has 1 aromatic carbocycles. The molecule has 1 aliphatic heterocycles. The molecule has 0 spiro atoms. The number of rotatable bonds is 3. The SMILES string of the molecule is COc1cccc(C(=O)N2CCOC(c3cccc(N)n3)C2)c1. The summed E-state index contributed by atoms with van der Waals surface area (Å²) in [6.45, 7) is 1.47. The Balaban J connectivity index is 1.76. The fraction of sp³-hybridized carbons (Fsp3) is 0.294. The van der Waals surface area contributed by atoms with E-state index in [0.29, 0.717) is 36.8 Å². The first kappa shape index (κ1) is 15.3. The third kappa shape index (κ3) is 3.43. The normalized spacial score (nSPS) is 17.8. The van der Waals surface area contributed by atoms with Crippen LogP contribution in [0, 0.1) is 0 Å². The second-order valence-corrected chi connectivity index (χ2v) is 5.33. The predicted molar refractivity (Wildman–Crippen MR) is 86.2 cm³/mol. The van der Waals surface area contributed by atoms with Gasteiger partial charge in [-0.3, -0.25) is 4.79 Å². The van der Waals surface area contributed by atoms with Crippen LogP contribution in [-0.2, 0) is 4.74 Å². The molecule has 2 N–H and O–H groups in total. The first-order chi connectivity index (χ1) is 11.2. The molecular weight excluding hydrogens is 294 g/mol. The van der Waals surface area contributed by atoms with Crippen molar-refractivity contribution in [2.24, 2.45) is 0 Å². The number of morpholine rings is 1. The topological polar surface area (TPSA) is 77.7 Å². The number of hydrogen-bond acceptors (Lipinski definition) is 5. The Labute approximate surface area is 134 Å². The lowest BCUT2D eigenvalue weighted by atomic mass is 10.1. The van der Waals surface area contributed by atoms with E-state index in [4.69, 9.17) is 15.2 Å². The lowest BCUT2D eigenvalue weighted by Crippen LogP contribution is -2.42. The van der Waals surface area contributed by atoms with Crippen LogP contribution in [0.3, 0.4) is 0 Å². The molecule has 1 amide bonds. The molecule has 1 saturated heterocycles. The summed E-state index contributed by atoms with van der Waals surface area (Å²) in [7, 11) is 1.58. The van der Waals surface area contributed by atoms with Gasteiger partial charge in [0.2, 0.25) is 0 Å². The molecule has 3 rings (SSSR count). The highest BCUT2D eigenvalue weighted by Crippen LogP contribution is 2.23. The van der Waals surface area contributed by atoms with Crippen molar-refractivity contribution in [3.8, 4) is 5.75 Å². The zero-order valence-electron chi connectivity index (χ0n) is 12.9. The van der Waals surface area contributed by atoms with E-state index >= 15 is 0 Å². The maximum atomic E-state index is 12.7. The molecule has 1 aromatic heterocycles. The van der Waals surface area contributed by atoms with E-state index in [1.54, 1.807) is 30.2 Å². The van der Waals surface area contributed by atoms with E-state index < -0.39 is 0 Å². The quantitative estimate of drug-likeness (QED) is 0.936.